The summed E-state index contributed by atoms with van der Waals surface area (Å²) < 4.78 is 11.2. The third-order valence-electron chi connectivity index (χ3n) is 3.55. The molecule has 1 aromatic heterocycles. The number of carbonyl (C=O) groups excluding carboxylic acids is 1. The zero-order chi connectivity index (χ0) is 18.9. The van der Waals surface area contributed by atoms with Crippen LogP contribution in [0.25, 0.3) is 0 Å². The number of para-hydroxylation sites is 1. The lowest BCUT2D eigenvalue weighted by Gasteiger charge is -2.07. The van der Waals surface area contributed by atoms with E-state index in [1.807, 2.05) is 47.8 Å². The normalized spacial score (nSPS) is 10.4. The molecule has 3 aromatic rings. The van der Waals surface area contributed by atoms with Gasteiger partial charge in [-0.2, -0.15) is 0 Å². The molecule has 0 aliphatic carbocycles. The van der Waals surface area contributed by atoms with Gasteiger partial charge in [0.15, 0.2) is 0 Å². The van der Waals surface area contributed by atoms with E-state index in [1.54, 1.807) is 12.1 Å². The van der Waals surface area contributed by atoms with Crippen LogP contribution in [0.15, 0.2) is 60.0 Å². The molecule has 140 valence electrons. The minimum atomic E-state index is -0.0814. The molecule has 1 N–H and O–H groups in total. The number of nitrogens with one attached hydrogen (secondary N) is 1. The minimum absolute atomic E-state index is 0.0814. The predicted octanol–water partition coefficient (Wildman–Crippen LogP) is 4.11. The molecule has 0 atom stereocenters. The summed E-state index contributed by atoms with van der Waals surface area (Å²) in [5, 5.41) is 6.19. The molecule has 0 spiro atoms. The third kappa shape index (κ3) is 6.58. The molecular weight excluding hydrogens is 384 g/mol. The molecular formula is C20H19ClN2O3S. The smallest absolute Gasteiger partial charge is 0.226 e. The molecule has 0 aliphatic heterocycles. The van der Waals surface area contributed by atoms with Gasteiger partial charge in [0.1, 0.15) is 29.7 Å². The van der Waals surface area contributed by atoms with Gasteiger partial charge in [-0.15, -0.1) is 11.3 Å². The van der Waals surface area contributed by atoms with Crippen LogP contribution in [0.3, 0.4) is 0 Å². The number of hydrogen-bond acceptors (Lipinski definition) is 5. The van der Waals surface area contributed by atoms with Crippen LogP contribution in [-0.4, -0.2) is 24.0 Å². The Balaban J connectivity index is 1.36. The molecule has 1 amide bonds. The lowest BCUT2D eigenvalue weighted by atomic mass is 10.3. The highest BCUT2D eigenvalue weighted by molar-refractivity contribution is 7.09. The Morgan fingerprint density at radius 1 is 1.04 bits per heavy atom. The molecule has 5 nitrogen and oxygen atoms in total. The van der Waals surface area contributed by atoms with Crippen molar-refractivity contribution < 1.29 is 14.3 Å². The largest absolute Gasteiger partial charge is 0.492 e. The van der Waals surface area contributed by atoms with Crippen LogP contribution in [0.1, 0.15) is 10.7 Å². The molecule has 0 fully saturated rings. The van der Waals surface area contributed by atoms with Crippen molar-refractivity contribution in [3.63, 3.8) is 0 Å². The van der Waals surface area contributed by atoms with Crippen LogP contribution < -0.4 is 14.8 Å². The van der Waals surface area contributed by atoms with Gasteiger partial charge in [-0.25, -0.2) is 4.98 Å². The van der Waals surface area contributed by atoms with Gasteiger partial charge in [0.05, 0.1) is 18.7 Å². The molecule has 0 saturated heterocycles. The number of hydrogen-bond donors (Lipinski definition) is 1. The Hall–Kier alpha value is -2.57. The van der Waals surface area contributed by atoms with E-state index in [4.69, 9.17) is 21.1 Å². The SMILES string of the molecule is O=C(Cc1csc(COc2ccc(Cl)cc2)n1)NCCOc1ccccc1. The van der Waals surface area contributed by atoms with Crippen molar-refractivity contribution in [2.24, 2.45) is 0 Å². The topological polar surface area (TPSA) is 60.5 Å². The summed E-state index contributed by atoms with van der Waals surface area (Å²) in [4.78, 5) is 16.4. The Bertz CT molecular complexity index is 853. The Labute approximate surface area is 166 Å². The van der Waals surface area contributed by atoms with E-state index >= 15 is 0 Å². The maximum Gasteiger partial charge on any atom is 0.226 e. The molecule has 3 rings (SSSR count). The molecule has 1 heterocycles. The monoisotopic (exact) mass is 402 g/mol. The summed E-state index contributed by atoms with van der Waals surface area (Å²) in [6, 6.07) is 16.7. The van der Waals surface area contributed by atoms with Gasteiger partial charge in [0, 0.05) is 10.4 Å². The van der Waals surface area contributed by atoms with Gasteiger partial charge >= 0.3 is 0 Å². The number of halogens is 1. The van der Waals surface area contributed by atoms with Crippen LogP contribution in [-0.2, 0) is 17.8 Å². The van der Waals surface area contributed by atoms with Crippen molar-refractivity contribution in [2.75, 3.05) is 13.2 Å². The number of ether oxygens (including phenoxy) is 2. The van der Waals surface area contributed by atoms with E-state index in [2.05, 4.69) is 10.3 Å². The van der Waals surface area contributed by atoms with E-state index in [0.29, 0.717) is 24.8 Å². The Kier molecular flexibility index (Phi) is 7.07. The van der Waals surface area contributed by atoms with Crippen molar-refractivity contribution in [3.8, 4) is 11.5 Å². The summed E-state index contributed by atoms with van der Waals surface area (Å²) in [5.74, 6) is 1.44. The summed E-state index contributed by atoms with van der Waals surface area (Å²) in [5.41, 5.74) is 0.733. The number of rotatable bonds is 9. The quantitative estimate of drug-likeness (QED) is 0.547. The fraction of sp³-hybridized carbons (Fsp3) is 0.200. The van der Waals surface area contributed by atoms with Crippen molar-refractivity contribution in [1.82, 2.24) is 10.3 Å². The predicted molar refractivity (Wildman–Crippen MR) is 107 cm³/mol. The summed E-state index contributed by atoms with van der Waals surface area (Å²) in [6.45, 7) is 1.23. The molecule has 0 unspecified atom stereocenters. The average Bonchev–Trinajstić information content (AvgIpc) is 3.13. The van der Waals surface area contributed by atoms with Crippen molar-refractivity contribution in [1.29, 1.82) is 0 Å². The van der Waals surface area contributed by atoms with Gasteiger partial charge in [0.2, 0.25) is 5.91 Å². The second-order valence-corrected chi connectivity index (χ2v) is 7.04. The van der Waals surface area contributed by atoms with Crippen LogP contribution in [0.5, 0.6) is 11.5 Å². The molecule has 2 aromatic carbocycles. The molecule has 0 aliphatic rings. The van der Waals surface area contributed by atoms with E-state index in [1.165, 1.54) is 11.3 Å². The van der Waals surface area contributed by atoms with Gasteiger partial charge in [0.25, 0.3) is 0 Å². The molecule has 7 heteroatoms. The number of amides is 1. The average molecular weight is 403 g/mol. The van der Waals surface area contributed by atoms with E-state index in [9.17, 15) is 4.79 Å². The van der Waals surface area contributed by atoms with Crippen molar-refractivity contribution in [3.05, 3.63) is 75.7 Å². The van der Waals surface area contributed by atoms with E-state index in [0.717, 1.165) is 22.2 Å². The van der Waals surface area contributed by atoms with Crippen LogP contribution in [0.4, 0.5) is 0 Å². The summed E-state index contributed by atoms with van der Waals surface area (Å²) >= 11 is 7.32. The van der Waals surface area contributed by atoms with Crippen LogP contribution in [0, 0.1) is 0 Å². The number of benzene rings is 2. The first-order valence-corrected chi connectivity index (χ1v) is 9.71. The van der Waals surface area contributed by atoms with Crippen molar-refractivity contribution >= 4 is 28.8 Å². The number of aromatic nitrogens is 1. The van der Waals surface area contributed by atoms with Gasteiger partial charge < -0.3 is 14.8 Å². The van der Waals surface area contributed by atoms with Gasteiger partial charge in [-0.1, -0.05) is 29.8 Å². The first kappa shape index (κ1) is 19.2. The van der Waals surface area contributed by atoms with E-state index < -0.39 is 0 Å². The van der Waals surface area contributed by atoms with Crippen LogP contribution in [0.2, 0.25) is 5.02 Å². The highest BCUT2D eigenvalue weighted by atomic mass is 35.5. The fourth-order valence-electron chi connectivity index (χ4n) is 2.28. The molecule has 27 heavy (non-hydrogen) atoms. The number of nitrogens with zero attached hydrogens (tertiary/aromatic N) is 1. The lowest BCUT2D eigenvalue weighted by Crippen LogP contribution is -2.29. The standard InChI is InChI=1S/C20H19ClN2O3S/c21-15-6-8-18(9-7-15)26-13-20-23-16(14-27-20)12-19(24)22-10-11-25-17-4-2-1-3-5-17/h1-9,14H,10-13H2,(H,22,24). The first-order chi connectivity index (χ1) is 13.2. The minimum Gasteiger partial charge on any atom is -0.492 e. The zero-order valence-corrected chi connectivity index (χ0v) is 16.1. The second-order valence-electron chi connectivity index (χ2n) is 5.66. The fourth-order valence-corrected chi connectivity index (χ4v) is 3.11. The maximum absolute atomic E-state index is 12.0. The van der Waals surface area contributed by atoms with E-state index in [-0.39, 0.29) is 12.3 Å². The molecule has 0 saturated carbocycles. The number of carbonyl (C=O) groups is 1. The zero-order valence-electron chi connectivity index (χ0n) is 14.6. The lowest BCUT2D eigenvalue weighted by molar-refractivity contribution is -0.120. The first-order valence-electron chi connectivity index (χ1n) is 8.45. The Morgan fingerprint density at radius 3 is 2.56 bits per heavy atom. The second kappa shape index (κ2) is 9.94. The highest BCUT2D eigenvalue weighted by Crippen LogP contribution is 2.18. The van der Waals surface area contributed by atoms with Crippen molar-refractivity contribution in [2.45, 2.75) is 13.0 Å². The van der Waals surface area contributed by atoms with Gasteiger partial charge in [-0.3, -0.25) is 4.79 Å². The molecule has 0 radical (unpaired) electrons. The maximum atomic E-state index is 12.0. The number of thiazole rings is 1. The molecule has 0 bridgehead atoms. The van der Waals surface area contributed by atoms with Gasteiger partial charge in [-0.05, 0) is 36.4 Å². The summed E-state index contributed by atoms with van der Waals surface area (Å²) in [6.07, 6.45) is 0.239. The highest BCUT2D eigenvalue weighted by Gasteiger charge is 2.08. The Morgan fingerprint density at radius 2 is 1.78 bits per heavy atom. The third-order valence-corrected chi connectivity index (χ3v) is 4.68. The van der Waals surface area contributed by atoms with Crippen LogP contribution >= 0.6 is 22.9 Å². The summed E-state index contributed by atoms with van der Waals surface area (Å²) in [7, 11) is 0.